The molecule has 98 valence electrons. The Morgan fingerprint density at radius 2 is 2.11 bits per heavy atom. The number of benzene rings is 1. The second-order valence-corrected chi connectivity index (χ2v) is 4.97. The number of nitriles is 1. The van der Waals surface area contributed by atoms with Crippen LogP contribution in [0.15, 0.2) is 18.2 Å². The van der Waals surface area contributed by atoms with Gasteiger partial charge in [0.05, 0.1) is 31.1 Å². The van der Waals surface area contributed by atoms with Crippen molar-refractivity contribution < 1.29 is 9.47 Å². The van der Waals surface area contributed by atoms with Crippen LogP contribution in [0.1, 0.15) is 25.8 Å². The van der Waals surface area contributed by atoms with Crippen LogP contribution in [0, 0.1) is 16.7 Å². The summed E-state index contributed by atoms with van der Waals surface area (Å²) in [5.74, 6) is 1.84. The third-order valence-corrected chi connectivity index (χ3v) is 2.99. The molecular weight excluding hydrogens is 250 g/mol. The summed E-state index contributed by atoms with van der Waals surface area (Å²) in [6.07, 6.45) is 0.669. The Morgan fingerprint density at radius 3 is 2.67 bits per heavy atom. The van der Waals surface area contributed by atoms with Crippen LogP contribution in [0.4, 0.5) is 0 Å². The van der Waals surface area contributed by atoms with Crippen molar-refractivity contribution in [3.05, 3.63) is 23.8 Å². The van der Waals surface area contributed by atoms with Gasteiger partial charge in [0.15, 0.2) is 0 Å². The van der Waals surface area contributed by atoms with E-state index in [1.165, 1.54) is 0 Å². The molecular formula is C14H18ClNO2. The lowest BCUT2D eigenvalue weighted by Crippen LogP contribution is -2.13. The van der Waals surface area contributed by atoms with E-state index in [0.717, 1.165) is 17.1 Å². The fourth-order valence-electron chi connectivity index (χ4n) is 1.38. The topological polar surface area (TPSA) is 42.2 Å². The Bertz CT molecular complexity index is 438. The summed E-state index contributed by atoms with van der Waals surface area (Å²) < 4.78 is 10.8. The van der Waals surface area contributed by atoms with Crippen LogP contribution < -0.4 is 9.47 Å². The van der Waals surface area contributed by atoms with E-state index in [9.17, 15) is 0 Å². The highest BCUT2D eigenvalue weighted by atomic mass is 35.5. The number of hydrogen-bond acceptors (Lipinski definition) is 3. The van der Waals surface area contributed by atoms with Crippen LogP contribution in [0.3, 0.4) is 0 Å². The lowest BCUT2D eigenvalue weighted by molar-refractivity contribution is 0.261. The van der Waals surface area contributed by atoms with Gasteiger partial charge in [-0.15, -0.1) is 11.6 Å². The maximum Gasteiger partial charge on any atom is 0.127 e. The SMILES string of the molecule is COc1ccc(CCl)c(OCCC(C)(C)C#N)c1. The standard InChI is InChI=1S/C14H18ClNO2/c1-14(2,10-16)6-7-18-13-8-12(17-3)5-4-11(13)9-15/h4-5,8H,6-7,9H2,1-3H3. The molecule has 0 atom stereocenters. The van der Waals surface area contributed by atoms with Gasteiger partial charge in [0.1, 0.15) is 11.5 Å². The highest BCUT2D eigenvalue weighted by molar-refractivity contribution is 6.17. The third-order valence-electron chi connectivity index (χ3n) is 2.71. The van der Waals surface area contributed by atoms with Crippen molar-refractivity contribution in [2.45, 2.75) is 26.1 Å². The zero-order valence-corrected chi connectivity index (χ0v) is 11.8. The first-order valence-electron chi connectivity index (χ1n) is 5.79. The quantitative estimate of drug-likeness (QED) is 0.737. The first-order valence-corrected chi connectivity index (χ1v) is 6.33. The van der Waals surface area contributed by atoms with E-state index in [4.69, 9.17) is 26.3 Å². The maximum absolute atomic E-state index is 8.93. The second-order valence-electron chi connectivity index (χ2n) is 4.70. The van der Waals surface area contributed by atoms with E-state index in [1.807, 2.05) is 32.0 Å². The van der Waals surface area contributed by atoms with Gasteiger partial charge in [-0.1, -0.05) is 6.07 Å². The minimum Gasteiger partial charge on any atom is -0.497 e. The predicted molar refractivity (Wildman–Crippen MR) is 72.1 cm³/mol. The molecule has 3 nitrogen and oxygen atoms in total. The number of alkyl halides is 1. The molecule has 0 saturated carbocycles. The molecule has 0 bridgehead atoms. The normalized spacial score (nSPS) is 10.8. The molecule has 0 radical (unpaired) electrons. The number of nitrogens with zero attached hydrogens (tertiary/aromatic N) is 1. The zero-order valence-electron chi connectivity index (χ0n) is 11.0. The Hall–Kier alpha value is -1.40. The van der Waals surface area contributed by atoms with Crippen LogP contribution >= 0.6 is 11.6 Å². The van der Waals surface area contributed by atoms with Gasteiger partial charge in [-0.05, 0) is 26.3 Å². The number of halogens is 1. The molecule has 18 heavy (non-hydrogen) atoms. The largest absolute Gasteiger partial charge is 0.497 e. The van der Waals surface area contributed by atoms with Crippen molar-refractivity contribution in [1.29, 1.82) is 5.26 Å². The Kier molecular flexibility index (Phi) is 5.30. The average molecular weight is 268 g/mol. The number of rotatable bonds is 6. The van der Waals surface area contributed by atoms with E-state index >= 15 is 0 Å². The summed E-state index contributed by atoms with van der Waals surface area (Å²) in [4.78, 5) is 0. The van der Waals surface area contributed by atoms with Crippen molar-refractivity contribution in [2.24, 2.45) is 5.41 Å². The number of hydrogen-bond donors (Lipinski definition) is 0. The Labute approximate surface area is 113 Å². The van der Waals surface area contributed by atoms with Crippen LogP contribution in [0.2, 0.25) is 0 Å². The molecule has 0 heterocycles. The molecule has 4 heteroatoms. The van der Waals surface area contributed by atoms with E-state index in [0.29, 0.717) is 18.9 Å². The molecule has 1 rings (SSSR count). The fraction of sp³-hybridized carbons (Fsp3) is 0.500. The Morgan fingerprint density at radius 1 is 1.39 bits per heavy atom. The first-order chi connectivity index (χ1) is 8.52. The second kappa shape index (κ2) is 6.51. The molecule has 0 fully saturated rings. The maximum atomic E-state index is 8.93. The summed E-state index contributed by atoms with van der Waals surface area (Å²) in [5, 5.41) is 8.93. The molecule has 0 saturated heterocycles. The van der Waals surface area contributed by atoms with Gasteiger partial charge in [-0.2, -0.15) is 5.26 Å². The van der Waals surface area contributed by atoms with Gasteiger partial charge in [0.25, 0.3) is 0 Å². The number of methoxy groups -OCH3 is 1. The van der Waals surface area contributed by atoms with Gasteiger partial charge in [-0.25, -0.2) is 0 Å². The van der Waals surface area contributed by atoms with Crippen LogP contribution in [-0.2, 0) is 5.88 Å². The molecule has 0 aliphatic heterocycles. The molecule has 1 aromatic carbocycles. The summed E-state index contributed by atoms with van der Waals surface area (Å²) in [5.41, 5.74) is 0.548. The third kappa shape index (κ3) is 4.12. The zero-order chi connectivity index (χ0) is 13.6. The van der Waals surface area contributed by atoms with E-state index in [-0.39, 0.29) is 5.41 Å². The first kappa shape index (κ1) is 14.7. The van der Waals surface area contributed by atoms with Crippen LogP contribution in [0.5, 0.6) is 11.5 Å². The smallest absolute Gasteiger partial charge is 0.127 e. The molecule has 0 unspecified atom stereocenters. The van der Waals surface area contributed by atoms with Crippen molar-refractivity contribution in [3.8, 4) is 17.6 Å². The lowest BCUT2D eigenvalue weighted by atomic mass is 9.92. The highest BCUT2D eigenvalue weighted by Gasteiger charge is 2.16. The summed E-state index contributed by atoms with van der Waals surface area (Å²) in [6.45, 7) is 4.27. The van der Waals surface area contributed by atoms with Crippen molar-refractivity contribution in [1.82, 2.24) is 0 Å². The van der Waals surface area contributed by atoms with Gasteiger partial charge in [-0.3, -0.25) is 0 Å². The van der Waals surface area contributed by atoms with E-state index < -0.39 is 0 Å². The molecule has 0 aliphatic rings. The molecule has 1 aromatic rings. The molecule has 0 amide bonds. The van der Waals surface area contributed by atoms with Gasteiger partial charge in [0.2, 0.25) is 0 Å². The highest BCUT2D eigenvalue weighted by Crippen LogP contribution is 2.27. The molecule has 0 aliphatic carbocycles. The molecule has 0 spiro atoms. The van der Waals surface area contributed by atoms with E-state index in [1.54, 1.807) is 7.11 Å². The minimum absolute atomic E-state index is 0.375. The van der Waals surface area contributed by atoms with Gasteiger partial charge >= 0.3 is 0 Å². The minimum atomic E-state index is -0.375. The van der Waals surface area contributed by atoms with Crippen LogP contribution in [0.25, 0.3) is 0 Å². The average Bonchev–Trinajstić information content (AvgIpc) is 2.38. The van der Waals surface area contributed by atoms with Crippen LogP contribution in [-0.4, -0.2) is 13.7 Å². The monoisotopic (exact) mass is 267 g/mol. The summed E-state index contributed by atoms with van der Waals surface area (Å²) in [7, 11) is 1.61. The lowest BCUT2D eigenvalue weighted by Gasteiger charge is -2.16. The number of ether oxygens (including phenoxy) is 2. The predicted octanol–water partition coefficient (Wildman–Crippen LogP) is 3.75. The van der Waals surface area contributed by atoms with Crippen molar-refractivity contribution in [3.63, 3.8) is 0 Å². The van der Waals surface area contributed by atoms with Crippen molar-refractivity contribution in [2.75, 3.05) is 13.7 Å². The van der Waals surface area contributed by atoms with E-state index in [2.05, 4.69) is 6.07 Å². The fourth-order valence-corrected chi connectivity index (χ4v) is 1.60. The molecule has 0 N–H and O–H groups in total. The van der Waals surface area contributed by atoms with Gasteiger partial charge in [0, 0.05) is 11.6 Å². The summed E-state index contributed by atoms with van der Waals surface area (Å²) >= 11 is 5.85. The Balaban J connectivity index is 2.69. The van der Waals surface area contributed by atoms with Crippen molar-refractivity contribution >= 4 is 11.6 Å². The summed E-state index contributed by atoms with van der Waals surface area (Å²) in [6, 6.07) is 7.80. The molecule has 0 aromatic heterocycles. The van der Waals surface area contributed by atoms with Gasteiger partial charge < -0.3 is 9.47 Å².